The molecule has 3 aliphatic rings. The Hall–Kier alpha value is -1.32. The van der Waals surface area contributed by atoms with E-state index in [1.807, 2.05) is 6.07 Å². The SMILES string of the molecule is C[C@]12CCC3=C(C1CC[C@@H]2O)[C@@H](O)Cc1cc(O)ccc13. The van der Waals surface area contributed by atoms with Crippen molar-refractivity contribution in [3.8, 4) is 5.75 Å². The number of fused-ring (bicyclic) bond motifs is 4. The first kappa shape index (κ1) is 13.4. The Labute approximate surface area is 124 Å². The second kappa shape index (κ2) is 4.34. The lowest BCUT2D eigenvalue weighted by Gasteiger charge is -2.44. The van der Waals surface area contributed by atoms with E-state index in [-0.39, 0.29) is 17.3 Å². The van der Waals surface area contributed by atoms with Crippen LogP contribution in [-0.4, -0.2) is 27.5 Å². The first-order valence-corrected chi connectivity index (χ1v) is 7.92. The first-order chi connectivity index (χ1) is 10.0. The van der Waals surface area contributed by atoms with Crippen molar-refractivity contribution in [2.24, 2.45) is 11.3 Å². The van der Waals surface area contributed by atoms with Gasteiger partial charge in [0.1, 0.15) is 5.75 Å². The molecule has 1 saturated carbocycles. The average Bonchev–Trinajstić information content (AvgIpc) is 2.74. The summed E-state index contributed by atoms with van der Waals surface area (Å²) in [4.78, 5) is 0. The Morgan fingerprint density at radius 2 is 2.00 bits per heavy atom. The summed E-state index contributed by atoms with van der Waals surface area (Å²) in [6, 6.07) is 5.50. The van der Waals surface area contributed by atoms with Crippen LogP contribution in [0.15, 0.2) is 23.8 Å². The minimum Gasteiger partial charge on any atom is -0.508 e. The Morgan fingerprint density at radius 3 is 2.81 bits per heavy atom. The Bertz CT molecular complexity index is 633. The molecule has 4 rings (SSSR count). The molecule has 112 valence electrons. The molecule has 0 spiro atoms. The molecule has 3 nitrogen and oxygen atoms in total. The monoisotopic (exact) mass is 286 g/mol. The molecule has 1 aromatic carbocycles. The van der Waals surface area contributed by atoms with Crippen LogP contribution in [0.25, 0.3) is 5.57 Å². The van der Waals surface area contributed by atoms with E-state index < -0.39 is 6.10 Å². The molecule has 0 aromatic heterocycles. The van der Waals surface area contributed by atoms with Gasteiger partial charge in [0.25, 0.3) is 0 Å². The fraction of sp³-hybridized carbons (Fsp3) is 0.556. The second-order valence-corrected chi connectivity index (χ2v) is 7.15. The van der Waals surface area contributed by atoms with Crippen LogP contribution in [0, 0.1) is 11.3 Å². The van der Waals surface area contributed by atoms with Crippen LogP contribution in [0.3, 0.4) is 0 Å². The molecule has 3 heteroatoms. The highest BCUT2D eigenvalue weighted by Crippen LogP contribution is 2.58. The number of phenolic OH excluding ortho intramolecular Hbond substituents is 1. The maximum atomic E-state index is 10.7. The molecule has 0 radical (unpaired) electrons. The zero-order valence-electron chi connectivity index (χ0n) is 12.3. The second-order valence-electron chi connectivity index (χ2n) is 7.15. The third-order valence-electron chi connectivity index (χ3n) is 6.11. The van der Waals surface area contributed by atoms with Gasteiger partial charge >= 0.3 is 0 Å². The van der Waals surface area contributed by atoms with Gasteiger partial charge in [-0.3, -0.25) is 0 Å². The third-order valence-corrected chi connectivity index (χ3v) is 6.11. The lowest BCUT2D eigenvalue weighted by molar-refractivity contribution is 0.0311. The summed E-state index contributed by atoms with van der Waals surface area (Å²) in [6.07, 6.45) is 3.56. The molecule has 0 aliphatic heterocycles. The van der Waals surface area contributed by atoms with Crippen LogP contribution in [0.4, 0.5) is 0 Å². The molecule has 1 fully saturated rings. The summed E-state index contributed by atoms with van der Waals surface area (Å²) < 4.78 is 0. The van der Waals surface area contributed by atoms with Crippen LogP contribution in [0.5, 0.6) is 5.75 Å². The standard InChI is InChI=1S/C18H22O3/c1-18-7-6-13-12-3-2-11(19)8-10(12)9-15(20)17(13)14(18)4-5-16(18)21/h2-3,8,14-16,19-21H,4-7,9H2,1H3/t14?,15-,16-,18-/m0/s1. The van der Waals surface area contributed by atoms with Crippen LogP contribution >= 0.6 is 0 Å². The van der Waals surface area contributed by atoms with Gasteiger partial charge in [0.2, 0.25) is 0 Å². The minimum absolute atomic E-state index is 0.0752. The fourth-order valence-electron chi connectivity index (χ4n) is 4.90. The first-order valence-electron chi connectivity index (χ1n) is 7.92. The van der Waals surface area contributed by atoms with Crippen molar-refractivity contribution in [1.29, 1.82) is 0 Å². The average molecular weight is 286 g/mol. The summed E-state index contributed by atoms with van der Waals surface area (Å²) in [5.41, 5.74) is 4.59. The van der Waals surface area contributed by atoms with Crippen molar-refractivity contribution in [1.82, 2.24) is 0 Å². The predicted molar refractivity (Wildman–Crippen MR) is 80.8 cm³/mol. The smallest absolute Gasteiger partial charge is 0.115 e. The molecule has 0 amide bonds. The molecule has 3 N–H and O–H groups in total. The van der Waals surface area contributed by atoms with Crippen LogP contribution in [-0.2, 0) is 6.42 Å². The van der Waals surface area contributed by atoms with Gasteiger partial charge in [-0.05, 0) is 66.0 Å². The van der Waals surface area contributed by atoms with E-state index in [1.54, 1.807) is 12.1 Å². The summed E-state index contributed by atoms with van der Waals surface area (Å²) in [6.45, 7) is 2.18. The van der Waals surface area contributed by atoms with E-state index in [0.29, 0.717) is 12.3 Å². The van der Waals surface area contributed by atoms with E-state index in [9.17, 15) is 15.3 Å². The number of aromatic hydroxyl groups is 1. The Morgan fingerprint density at radius 1 is 1.19 bits per heavy atom. The Kier molecular flexibility index (Phi) is 2.76. The highest BCUT2D eigenvalue weighted by molar-refractivity contribution is 5.76. The summed E-state index contributed by atoms with van der Waals surface area (Å²) in [5, 5.41) is 30.7. The number of hydrogen-bond donors (Lipinski definition) is 3. The van der Waals surface area contributed by atoms with Crippen LogP contribution < -0.4 is 0 Å². The summed E-state index contributed by atoms with van der Waals surface area (Å²) in [7, 11) is 0. The topological polar surface area (TPSA) is 60.7 Å². The number of aliphatic hydroxyl groups excluding tert-OH is 2. The van der Waals surface area contributed by atoms with Gasteiger partial charge in [-0.15, -0.1) is 0 Å². The number of benzene rings is 1. The highest BCUT2D eigenvalue weighted by atomic mass is 16.3. The van der Waals surface area contributed by atoms with Gasteiger partial charge in [0.05, 0.1) is 12.2 Å². The fourth-order valence-corrected chi connectivity index (χ4v) is 4.90. The predicted octanol–water partition coefficient (Wildman–Crippen LogP) is 2.63. The lowest BCUT2D eigenvalue weighted by Crippen LogP contribution is -2.40. The van der Waals surface area contributed by atoms with Gasteiger partial charge in [-0.2, -0.15) is 0 Å². The lowest BCUT2D eigenvalue weighted by atomic mass is 9.61. The van der Waals surface area contributed by atoms with E-state index in [1.165, 1.54) is 16.7 Å². The number of aliphatic hydroxyl groups is 2. The normalized spacial score (nSPS) is 38.0. The zero-order chi connectivity index (χ0) is 14.8. The van der Waals surface area contributed by atoms with Crippen molar-refractivity contribution in [2.75, 3.05) is 0 Å². The van der Waals surface area contributed by atoms with Gasteiger partial charge in [0, 0.05) is 11.8 Å². The number of phenols is 1. The molecule has 1 unspecified atom stereocenters. The highest BCUT2D eigenvalue weighted by Gasteiger charge is 2.51. The van der Waals surface area contributed by atoms with Crippen LogP contribution in [0.2, 0.25) is 0 Å². The third kappa shape index (κ3) is 1.74. The van der Waals surface area contributed by atoms with Gasteiger partial charge in [-0.1, -0.05) is 13.0 Å². The van der Waals surface area contributed by atoms with Crippen molar-refractivity contribution in [3.05, 3.63) is 34.9 Å². The molecule has 0 bridgehead atoms. The quantitative estimate of drug-likeness (QED) is 0.687. The molecular formula is C18H22O3. The van der Waals surface area contributed by atoms with E-state index in [4.69, 9.17) is 0 Å². The van der Waals surface area contributed by atoms with E-state index in [0.717, 1.165) is 31.2 Å². The van der Waals surface area contributed by atoms with Crippen molar-refractivity contribution in [2.45, 2.75) is 51.2 Å². The largest absolute Gasteiger partial charge is 0.508 e. The minimum atomic E-state index is -0.468. The van der Waals surface area contributed by atoms with Gasteiger partial charge < -0.3 is 15.3 Å². The summed E-state index contributed by atoms with van der Waals surface area (Å²) in [5.74, 6) is 0.565. The molecule has 21 heavy (non-hydrogen) atoms. The zero-order valence-corrected chi connectivity index (χ0v) is 12.3. The Balaban J connectivity index is 1.87. The van der Waals surface area contributed by atoms with Gasteiger partial charge in [0.15, 0.2) is 0 Å². The molecule has 0 saturated heterocycles. The molecule has 4 atom stereocenters. The van der Waals surface area contributed by atoms with Crippen molar-refractivity contribution < 1.29 is 15.3 Å². The number of hydrogen-bond acceptors (Lipinski definition) is 3. The maximum absolute atomic E-state index is 10.7. The van der Waals surface area contributed by atoms with Crippen LogP contribution in [0.1, 0.15) is 43.7 Å². The molecule has 3 aliphatic carbocycles. The van der Waals surface area contributed by atoms with Gasteiger partial charge in [-0.25, -0.2) is 0 Å². The molecule has 0 heterocycles. The van der Waals surface area contributed by atoms with Crippen molar-refractivity contribution >= 4 is 5.57 Å². The van der Waals surface area contributed by atoms with Crippen molar-refractivity contribution in [3.63, 3.8) is 0 Å². The number of rotatable bonds is 0. The number of allylic oxidation sites excluding steroid dienone is 1. The maximum Gasteiger partial charge on any atom is 0.115 e. The summed E-state index contributed by atoms with van der Waals surface area (Å²) >= 11 is 0. The van der Waals surface area contributed by atoms with E-state index in [2.05, 4.69) is 6.92 Å². The van der Waals surface area contributed by atoms with E-state index >= 15 is 0 Å². The molecule has 1 aromatic rings. The molecular weight excluding hydrogens is 264 g/mol.